The molecule has 3 nitrogen and oxygen atoms in total. The summed E-state index contributed by atoms with van der Waals surface area (Å²) in [7, 11) is 0. The molecule has 2 aromatic rings. The Kier molecular flexibility index (Phi) is 3.63. The van der Waals surface area contributed by atoms with Crippen molar-refractivity contribution in [1.29, 1.82) is 0 Å². The highest BCUT2D eigenvalue weighted by Crippen LogP contribution is 2.27. The highest BCUT2D eigenvalue weighted by molar-refractivity contribution is 7.10. The predicted molar refractivity (Wildman–Crippen MR) is 68.4 cm³/mol. The van der Waals surface area contributed by atoms with Crippen LogP contribution in [0.15, 0.2) is 23.6 Å². The molecule has 2 aromatic heterocycles. The fraction of sp³-hybridized carbons (Fsp3) is 0.200. The number of nitrogens with one attached hydrogen (secondary N) is 1. The van der Waals surface area contributed by atoms with E-state index in [4.69, 9.17) is 23.2 Å². The van der Waals surface area contributed by atoms with Gasteiger partial charge in [0.05, 0.1) is 11.7 Å². The van der Waals surface area contributed by atoms with Crippen molar-refractivity contribution in [3.05, 3.63) is 38.8 Å². The molecule has 6 heteroatoms. The van der Waals surface area contributed by atoms with E-state index in [-0.39, 0.29) is 6.04 Å². The maximum absolute atomic E-state index is 5.91. The van der Waals surface area contributed by atoms with Gasteiger partial charge in [0.2, 0.25) is 0 Å². The number of halogens is 2. The molecule has 0 amide bonds. The number of thiophene rings is 1. The minimum atomic E-state index is 0.165. The van der Waals surface area contributed by atoms with Crippen LogP contribution in [-0.4, -0.2) is 10.2 Å². The van der Waals surface area contributed by atoms with E-state index in [0.29, 0.717) is 16.0 Å². The van der Waals surface area contributed by atoms with Crippen LogP contribution >= 0.6 is 34.5 Å². The van der Waals surface area contributed by atoms with Gasteiger partial charge in [-0.1, -0.05) is 29.3 Å². The summed E-state index contributed by atoms with van der Waals surface area (Å²) in [6.45, 7) is 2.05. The van der Waals surface area contributed by atoms with Crippen LogP contribution < -0.4 is 5.32 Å². The first kappa shape index (κ1) is 11.6. The molecule has 0 spiro atoms. The predicted octanol–water partition coefficient (Wildman–Crippen LogP) is 4.02. The Morgan fingerprint density at radius 1 is 1.38 bits per heavy atom. The van der Waals surface area contributed by atoms with E-state index in [1.807, 2.05) is 11.4 Å². The smallest absolute Gasteiger partial charge is 0.174 e. The second-order valence-corrected chi connectivity index (χ2v) is 4.98. The average Bonchev–Trinajstić information content (AvgIpc) is 2.76. The number of nitrogens with zero attached hydrogens (tertiary/aromatic N) is 2. The van der Waals surface area contributed by atoms with Crippen molar-refractivity contribution in [3.63, 3.8) is 0 Å². The second-order valence-electron chi connectivity index (χ2n) is 3.25. The summed E-state index contributed by atoms with van der Waals surface area (Å²) in [4.78, 5) is 1.23. The van der Waals surface area contributed by atoms with Crippen molar-refractivity contribution < 1.29 is 0 Å². The molecule has 2 heterocycles. The SMILES string of the molecule is CC(Nc1cc(Cl)nnc1Cl)c1cccs1. The van der Waals surface area contributed by atoms with Gasteiger partial charge in [0, 0.05) is 10.9 Å². The topological polar surface area (TPSA) is 37.8 Å². The van der Waals surface area contributed by atoms with Crippen LogP contribution in [0, 0.1) is 0 Å². The van der Waals surface area contributed by atoms with Crippen LogP contribution in [0.2, 0.25) is 10.3 Å². The average molecular weight is 274 g/mol. The normalized spacial score (nSPS) is 12.4. The summed E-state index contributed by atoms with van der Waals surface area (Å²) >= 11 is 13.4. The van der Waals surface area contributed by atoms with Gasteiger partial charge in [-0.25, -0.2) is 0 Å². The van der Waals surface area contributed by atoms with Crippen LogP contribution in [0.4, 0.5) is 5.69 Å². The Balaban J connectivity index is 2.17. The summed E-state index contributed by atoms with van der Waals surface area (Å²) in [5.74, 6) is 0. The Morgan fingerprint density at radius 3 is 2.88 bits per heavy atom. The fourth-order valence-electron chi connectivity index (χ4n) is 1.30. The van der Waals surface area contributed by atoms with E-state index in [1.54, 1.807) is 17.4 Å². The maximum Gasteiger partial charge on any atom is 0.174 e. The molecule has 0 bridgehead atoms. The van der Waals surface area contributed by atoms with Gasteiger partial charge in [-0.3, -0.25) is 0 Å². The van der Waals surface area contributed by atoms with Gasteiger partial charge in [-0.2, -0.15) is 0 Å². The van der Waals surface area contributed by atoms with Crippen molar-refractivity contribution in [1.82, 2.24) is 10.2 Å². The molecule has 0 fully saturated rings. The zero-order chi connectivity index (χ0) is 11.5. The van der Waals surface area contributed by atoms with E-state index in [0.717, 1.165) is 0 Å². The van der Waals surface area contributed by atoms with Crippen LogP contribution in [0.5, 0.6) is 0 Å². The quantitative estimate of drug-likeness (QED) is 0.918. The zero-order valence-electron chi connectivity index (χ0n) is 8.45. The number of aromatic nitrogens is 2. The number of hydrogen-bond donors (Lipinski definition) is 1. The molecular formula is C10H9Cl2N3S. The van der Waals surface area contributed by atoms with Gasteiger partial charge in [0.25, 0.3) is 0 Å². The van der Waals surface area contributed by atoms with E-state index in [9.17, 15) is 0 Å². The molecule has 1 atom stereocenters. The van der Waals surface area contributed by atoms with Gasteiger partial charge < -0.3 is 5.32 Å². The van der Waals surface area contributed by atoms with Crippen LogP contribution in [0.25, 0.3) is 0 Å². The van der Waals surface area contributed by atoms with E-state index in [2.05, 4.69) is 28.5 Å². The van der Waals surface area contributed by atoms with E-state index in [1.165, 1.54) is 4.88 Å². The van der Waals surface area contributed by atoms with Crippen molar-refractivity contribution in [2.75, 3.05) is 5.32 Å². The third kappa shape index (κ3) is 2.64. The molecule has 1 N–H and O–H groups in total. The summed E-state index contributed by atoms with van der Waals surface area (Å²) in [6, 6.07) is 5.91. The summed E-state index contributed by atoms with van der Waals surface area (Å²) in [5.41, 5.74) is 0.697. The van der Waals surface area contributed by atoms with E-state index >= 15 is 0 Å². The fourth-order valence-corrected chi connectivity index (χ4v) is 2.32. The van der Waals surface area contributed by atoms with Crippen LogP contribution in [0.3, 0.4) is 0 Å². The molecule has 0 aliphatic rings. The monoisotopic (exact) mass is 273 g/mol. The molecule has 1 unspecified atom stereocenters. The highest BCUT2D eigenvalue weighted by Gasteiger charge is 2.10. The summed E-state index contributed by atoms with van der Waals surface area (Å²) in [6.07, 6.45) is 0. The molecule has 0 aliphatic heterocycles. The highest BCUT2D eigenvalue weighted by atomic mass is 35.5. The number of anilines is 1. The lowest BCUT2D eigenvalue weighted by Gasteiger charge is -2.14. The Hall–Kier alpha value is -0.840. The first-order valence-corrected chi connectivity index (χ1v) is 6.29. The zero-order valence-corrected chi connectivity index (χ0v) is 10.8. The molecule has 0 saturated carbocycles. The Bertz CT molecular complexity index is 473. The summed E-state index contributed by atoms with van der Waals surface area (Å²) < 4.78 is 0. The first-order valence-electron chi connectivity index (χ1n) is 4.65. The molecule has 0 aliphatic carbocycles. The van der Waals surface area contributed by atoms with Crippen molar-refractivity contribution >= 4 is 40.2 Å². The Morgan fingerprint density at radius 2 is 2.19 bits per heavy atom. The van der Waals surface area contributed by atoms with Crippen LogP contribution in [-0.2, 0) is 0 Å². The lowest BCUT2D eigenvalue weighted by Crippen LogP contribution is -2.06. The van der Waals surface area contributed by atoms with Crippen molar-refractivity contribution in [2.24, 2.45) is 0 Å². The van der Waals surface area contributed by atoms with Crippen molar-refractivity contribution in [2.45, 2.75) is 13.0 Å². The molecular weight excluding hydrogens is 265 g/mol. The standard InChI is InChI=1S/C10H9Cl2N3S/c1-6(8-3-2-4-16-8)13-7-5-9(11)14-15-10(7)12/h2-6H,1H3,(H,13,14). The van der Waals surface area contributed by atoms with E-state index < -0.39 is 0 Å². The molecule has 2 rings (SSSR count). The molecule has 84 valence electrons. The van der Waals surface area contributed by atoms with Gasteiger partial charge in [-0.15, -0.1) is 21.5 Å². The minimum absolute atomic E-state index is 0.165. The summed E-state index contributed by atoms with van der Waals surface area (Å²) in [5, 5.41) is 13.3. The molecule has 16 heavy (non-hydrogen) atoms. The van der Waals surface area contributed by atoms with Crippen molar-refractivity contribution in [3.8, 4) is 0 Å². The minimum Gasteiger partial charge on any atom is -0.375 e. The molecule has 0 aromatic carbocycles. The third-order valence-corrected chi connectivity index (χ3v) is 3.58. The second kappa shape index (κ2) is 4.99. The molecule has 0 saturated heterocycles. The Labute approximate surface area is 107 Å². The third-order valence-electron chi connectivity index (χ3n) is 2.06. The van der Waals surface area contributed by atoms with Gasteiger partial charge in [-0.05, 0) is 18.4 Å². The van der Waals surface area contributed by atoms with Gasteiger partial charge >= 0.3 is 0 Å². The first-order chi connectivity index (χ1) is 7.66. The molecule has 0 radical (unpaired) electrons. The van der Waals surface area contributed by atoms with Gasteiger partial charge in [0.1, 0.15) is 0 Å². The van der Waals surface area contributed by atoms with Crippen LogP contribution in [0.1, 0.15) is 17.8 Å². The maximum atomic E-state index is 5.91. The lowest BCUT2D eigenvalue weighted by molar-refractivity contribution is 0.899. The number of rotatable bonds is 3. The largest absolute Gasteiger partial charge is 0.375 e. The van der Waals surface area contributed by atoms with Gasteiger partial charge in [0.15, 0.2) is 10.3 Å². The lowest BCUT2D eigenvalue weighted by atomic mass is 10.2. The number of hydrogen-bond acceptors (Lipinski definition) is 4.